The highest BCUT2D eigenvalue weighted by atomic mass is 35.5. The number of hydrogen-bond acceptors (Lipinski definition) is 2. The van der Waals surface area contributed by atoms with Gasteiger partial charge in [0.1, 0.15) is 5.75 Å². The van der Waals surface area contributed by atoms with Crippen molar-refractivity contribution in [3.8, 4) is 5.75 Å². The van der Waals surface area contributed by atoms with Crippen molar-refractivity contribution in [3.05, 3.63) is 28.8 Å². The Hall–Kier alpha value is -0.730. The minimum absolute atomic E-state index is 0.158. The third kappa shape index (κ3) is 4.42. The summed E-state index contributed by atoms with van der Waals surface area (Å²) in [4.78, 5) is 0. The molecule has 0 bridgehead atoms. The summed E-state index contributed by atoms with van der Waals surface area (Å²) in [5, 5.41) is 3.99. The summed E-state index contributed by atoms with van der Waals surface area (Å²) in [6, 6.07) is 6.00. The maximum absolute atomic E-state index is 6.14. The highest BCUT2D eigenvalue weighted by Crippen LogP contribution is 2.26. The van der Waals surface area contributed by atoms with Crippen LogP contribution < -0.4 is 10.1 Å². The van der Waals surface area contributed by atoms with Crippen LogP contribution in [-0.2, 0) is 6.42 Å². The number of halogens is 1. The standard InChI is InChI=1S/C13H20ClNO/c1-4-15-8-7-11-5-6-13(12(14)9-11)16-10(2)3/h5-6,9-10,15H,4,7-8H2,1-3H3. The molecule has 0 atom stereocenters. The Kier molecular flexibility index (Phi) is 5.64. The van der Waals surface area contributed by atoms with Gasteiger partial charge < -0.3 is 10.1 Å². The first-order valence-electron chi connectivity index (χ1n) is 5.79. The topological polar surface area (TPSA) is 21.3 Å². The van der Waals surface area contributed by atoms with Gasteiger partial charge in [0.15, 0.2) is 0 Å². The van der Waals surface area contributed by atoms with Crippen molar-refractivity contribution in [1.82, 2.24) is 5.32 Å². The number of rotatable bonds is 6. The lowest BCUT2D eigenvalue weighted by Gasteiger charge is -2.12. The molecule has 0 fully saturated rings. The molecule has 0 aliphatic rings. The highest BCUT2D eigenvalue weighted by molar-refractivity contribution is 6.32. The Morgan fingerprint density at radius 1 is 1.38 bits per heavy atom. The van der Waals surface area contributed by atoms with Crippen LogP contribution in [0.15, 0.2) is 18.2 Å². The molecule has 3 heteroatoms. The Morgan fingerprint density at radius 2 is 2.12 bits per heavy atom. The second kappa shape index (κ2) is 6.77. The Balaban J connectivity index is 2.60. The van der Waals surface area contributed by atoms with Crippen molar-refractivity contribution in [2.45, 2.75) is 33.3 Å². The molecule has 0 heterocycles. The van der Waals surface area contributed by atoms with E-state index in [0.717, 1.165) is 25.3 Å². The van der Waals surface area contributed by atoms with E-state index in [1.54, 1.807) is 0 Å². The number of nitrogens with one attached hydrogen (secondary N) is 1. The molecule has 1 aromatic carbocycles. The van der Waals surface area contributed by atoms with Gasteiger partial charge in [-0.3, -0.25) is 0 Å². The van der Waals surface area contributed by atoms with Crippen LogP contribution >= 0.6 is 11.6 Å². The van der Waals surface area contributed by atoms with Crippen molar-refractivity contribution < 1.29 is 4.74 Å². The van der Waals surface area contributed by atoms with Crippen LogP contribution in [0.4, 0.5) is 0 Å². The fourth-order valence-electron chi connectivity index (χ4n) is 1.46. The minimum atomic E-state index is 0.158. The first kappa shape index (κ1) is 13.3. The number of benzene rings is 1. The molecule has 90 valence electrons. The molecule has 0 radical (unpaired) electrons. The summed E-state index contributed by atoms with van der Waals surface area (Å²) < 4.78 is 5.58. The van der Waals surface area contributed by atoms with E-state index in [1.165, 1.54) is 5.56 Å². The quantitative estimate of drug-likeness (QED) is 0.772. The Morgan fingerprint density at radius 3 is 2.69 bits per heavy atom. The van der Waals surface area contributed by atoms with E-state index in [0.29, 0.717) is 5.02 Å². The normalized spacial score (nSPS) is 10.8. The summed E-state index contributed by atoms with van der Waals surface area (Å²) in [6.07, 6.45) is 1.15. The molecule has 2 nitrogen and oxygen atoms in total. The molecule has 0 aliphatic heterocycles. The summed E-state index contributed by atoms with van der Waals surface area (Å²) in [5.41, 5.74) is 1.24. The van der Waals surface area contributed by atoms with Crippen LogP contribution in [0.25, 0.3) is 0 Å². The maximum atomic E-state index is 6.14. The van der Waals surface area contributed by atoms with Gasteiger partial charge >= 0.3 is 0 Å². The number of hydrogen-bond donors (Lipinski definition) is 1. The molecule has 16 heavy (non-hydrogen) atoms. The van der Waals surface area contributed by atoms with Crippen molar-refractivity contribution in [2.24, 2.45) is 0 Å². The van der Waals surface area contributed by atoms with Gasteiger partial charge in [-0.2, -0.15) is 0 Å². The molecule has 0 amide bonds. The van der Waals surface area contributed by atoms with Gasteiger partial charge in [0.25, 0.3) is 0 Å². The van der Waals surface area contributed by atoms with Gasteiger partial charge in [-0.1, -0.05) is 24.6 Å². The van der Waals surface area contributed by atoms with Gasteiger partial charge in [0.05, 0.1) is 11.1 Å². The van der Waals surface area contributed by atoms with Crippen LogP contribution in [-0.4, -0.2) is 19.2 Å². The fraction of sp³-hybridized carbons (Fsp3) is 0.538. The van der Waals surface area contributed by atoms with Crippen LogP contribution in [0.3, 0.4) is 0 Å². The summed E-state index contributed by atoms with van der Waals surface area (Å²) >= 11 is 6.14. The van der Waals surface area contributed by atoms with Crippen LogP contribution in [0, 0.1) is 0 Å². The van der Waals surface area contributed by atoms with E-state index >= 15 is 0 Å². The molecule has 0 aromatic heterocycles. The van der Waals surface area contributed by atoms with Crippen LogP contribution in [0.2, 0.25) is 5.02 Å². The van der Waals surface area contributed by atoms with Crippen molar-refractivity contribution >= 4 is 11.6 Å². The van der Waals surface area contributed by atoms with Crippen LogP contribution in [0.5, 0.6) is 5.75 Å². The summed E-state index contributed by atoms with van der Waals surface area (Å²) in [5.74, 6) is 0.767. The minimum Gasteiger partial charge on any atom is -0.489 e. The average molecular weight is 242 g/mol. The van der Waals surface area contributed by atoms with Crippen LogP contribution in [0.1, 0.15) is 26.3 Å². The number of likely N-dealkylation sites (N-methyl/N-ethyl adjacent to an activating group) is 1. The van der Waals surface area contributed by atoms with E-state index in [-0.39, 0.29) is 6.10 Å². The van der Waals surface area contributed by atoms with E-state index in [4.69, 9.17) is 16.3 Å². The second-order valence-corrected chi connectivity index (χ2v) is 4.44. The molecular weight excluding hydrogens is 222 g/mol. The molecule has 0 saturated heterocycles. The van der Waals surface area contributed by atoms with Crippen molar-refractivity contribution in [2.75, 3.05) is 13.1 Å². The van der Waals surface area contributed by atoms with E-state index in [9.17, 15) is 0 Å². The number of ether oxygens (including phenoxy) is 1. The highest BCUT2D eigenvalue weighted by Gasteiger charge is 2.04. The zero-order chi connectivity index (χ0) is 12.0. The van der Waals surface area contributed by atoms with E-state index < -0.39 is 0 Å². The fourth-order valence-corrected chi connectivity index (χ4v) is 1.71. The average Bonchev–Trinajstić information content (AvgIpc) is 2.22. The van der Waals surface area contributed by atoms with E-state index in [2.05, 4.69) is 18.3 Å². The van der Waals surface area contributed by atoms with Gasteiger partial charge in [-0.15, -0.1) is 0 Å². The lowest BCUT2D eigenvalue weighted by Crippen LogP contribution is -2.16. The molecule has 0 saturated carbocycles. The maximum Gasteiger partial charge on any atom is 0.138 e. The second-order valence-electron chi connectivity index (χ2n) is 4.03. The molecule has 1 rings (SSSR count). The molecule has 0 unspecified atom stereocenters. The lowest BCUT2D eigenvalue weighted by atomic mass is 10.1. The van der Waals surface area contributed by atoms with Crippen molar-refractivity contribution in [3.63, 3.8) is 0 Å². The SMILES string of the molecule is CCNCCc1ccc(OC(C)C)c(Cl)c1. The van der Waals surface area contributed by atoms with E-state index in [1.807, 2.05) is 26.0 Å². The Labute approximate surface area is 103 Å². The van der Waals surface area contributed by atoms with Gasteiger partial charge in [0, 0.05) is 0 Å². The third-order valence-corrected chi connectivity index (χ3v) is 2.49. The predicted molar refractivity (Wildman–Crippen MR) is 69.5 cm³/mol. The smallest absolute Gasteiger partial charge is 0.138 e. The van der Waals surface area contributed by atoms with Gasteiger partial charge in [-0.25, -0.2) is 0 Å². The van der Waals surface area contributed by atoms with Crippen molar-refractivity contribution in [1.29, 1.82) is 0 Å². The third-order valence-electron chi connectivity index (χ3n) is 2.20. The first-order chi connectivity index (χ1) is 7.63. The zero-order valence-electron chi connectivity index (χ0n) is 10.2. The molecule has 1 aromatic rings. The molecule has 0 spiro atoms. The predicted octanol–water partition coefficient (Wildman–Crippen LogP) is 3.28. The van der Waals surface area contributed by atoms with Gasteiger partial charge in [-0.05, 0) is 51.1 Å². The summed E-state index contributed by atoms with van der Waals surface area (Å²) in [7, 11) is 0. The zero-order valence-corrected chi connectivity index (χ0v) is 11.0. The first-order valence-corrected chi connectivity index (χ1v) is 6.17. The lowest BCUT2D eigenvalue weighted by molar-refractivity contribution is 0.242. The largest absolute Gasteiger partial charge is 0.489 e. The molecule has 0 aliphatic carbocycles. The summed E-state index contributed by atoms with van der Waals surface area (Å²) in [6.45, 7) is 8.08. The monoisotopic (exact) mass is 241 g/mol. The molecule has 1 N–H and O–H groups in total. The van der Waals surface area contributed by atoms with Gasteiger partial charge in [0.2, 0.25) is 0 Å². The Bertz CT molecular complexity index is 326. The molecular formula is C13H20ClNO.